The Kier molecular flexibility index (Phi) is 4.70. The van der Waals surface area contributed by atoms with Crippen LogP contribution in [0.3, 0.4) is 0 Å². The van der Waals surface area contributed by atoms with Gasteiger partial charge in [0, 0.05) is 11.8 Å². The molecule has 1 atom stereocenters. The fourth-order valence-electron chi connectivity index (χ4n) is 2.19. The summed E-state index contributed by atoms with van der Waals surface area (Å²) in [5, 5.41) is 13.2. The van der Waals surface area contributed by atoms with Crippen LogP contribution in [0.25, 0.3) is 0 Å². The van der Waals surface area contributed by atoms with Gasteiger partial charge in [0.25, 0.3) is 0 Å². The quantitative estimate of drug-likeness (QED) is 0.857. The first-order valence-electron chi connectivity index (χ1n) is 6.79. The summed E-state index contributed by atoms with van der Waals surface area (Å²) in [5.74, 6) is 1.53. The zero-order valence-corrected chi connectivity index (χ0v) is 12.6. The second-order valence-electron chi connectivity index (χ2n) is 5.08. The highest BCUT2D eigenvalue weighted by Gasteiger charge is 2.26. The summed E-state index contributed by atoms with van der Waals surface area (Å²) in [4.78, 5) is 0. The smallest absolute Gasteiger partial charge is 0.120 e. The largest absolute Gasteiger partial charge is 0.497 e. The van der Waals surface area contributed by atoms with Gasteiger partial charge in [0.2, 0.25) is 0 Å². The van der Waals surface area contributed by atoms with Crippen LogP contribution in [-0.4, -0.2) is 25.9 Å². The normalized spacial score (nSPS) is 13.3. The molecule has 0 radical (unpaired) electrons. The number of aliphatic hydroxyl groups excluding tert-OH is 1. The summed E-state index contributed by atoms with van der Waals surface area (Å²) in [5.41, 5.74) is 1.22. The fraction of sp³-hybridized carbons (Fsp3) is 0.294. The molecule has 0 aliphatic rings. The Bertz CT molecular complexity index is 600. The van der Waals surface area contributed by atoms with E-state index >= 15 is 0 Å². The first kappa shape index (κ1) is 15.2. The van der Waals surface area contributed by atoms with Crippen molar-refractivity contribution in [2.75, 3.05) is 26.1 Å². The Morgan fingerprint density at radius 2 is 1.62 bits per heavy atom. The molecule has 112 valence electrons. The van der Waals surface area contributed by atoms with Crippen molar-refractivity contribution in [3.05, 3.63) is 54.1 Å². The molecule has 0 spiro atoms. The van der Waals surface area contributed by atoms with Crippen molar-refractivity contribution in [2.24, 2.45) is 0 Å². The van der Waals surface area contributed by atoms with Gasteiger partial charge in [-0.15, -0.1) is 0 Å². The Balaban J connectivity index is 2.31. The summed E-state index contributed by atoms with van der Waals surface area (Å²) in [6.45, 7) is 1.90. The highest BCUT2D eigenvalue weighted by molar-refractivity contribution is 5.52. The van der Waals surface area contributed by atoms with Crippen LogP contribution in [0.4, 0.5) is 5.69 Å². The molecular formula is C17H21NO3. The number of nitrogens with one attached hydrogen (secondary N) is 1. The Hall–Kier alpha value is -2.20. The van der Waals surface area contributed by atoms with Crippen LogP contribution in [0.5, 0.6) is 11.5 Å². The van der Waals surface area contributed by atoms with Gasteiger partial charge in [0.05, 0.1) is 26.4 Å². The van der Waals surface area contributed by atoms with E-state index in [1.165, 1.54) is 0 Å². The number of anilines is 1. The molecule has 4 heteroatoms. The van der Waals surface area contributed by atoms with Crippen molar-refractivity contribution < 1.29 is 14.6 Å². The second kappa shape index (κ2) is 6.50. The van der Waals surface area contributed by atoms with E-state index in [4.69, 9.17) is 9.47 Å². The molecule has 0 aromatic heterocycles. The molecule has 2 aromatic rings. The standard InChI is InChI=1S/C17H21NO3/c1-17(12-19,13-6-4-8-15(10-13)20-2)18-14-7-5-9-16(11-14)21-3/h4-11,18-19H,12H2,1-3H3. The van der Waals surface area contributed by atoms with E-state index in [1.54, 1.807) is 14.2 Å². The number of hydrogen-bond donors (Lipinski definition) is 2. The molecule has 2 aromatic carbocycles. The molecule has 0 saturated heterocycles. The molecule has 0 saturated carbocycles. The second-order valence-corrected chi connectivity index (χ2v) is 5.08. The average molecular weight is 287 g/mol. The summed E-state index contributed by atoms with van der Waals surface area (Å²) < 4.78 is 10.5. The van der Waals surface area contributed by atoms with E-state index < -0.39 is 5.54 Å². The number of aliphatic hydroxyl groups is 1. The molecule has 0 aliphatic heterocycles. The van der Waals surface area contributed by atoms with Crippen molar-refractivity contribution in [1.82, 2.24) is 0 Å². The molecule has 1 unspecified atom stereocenters. The highest BCUT2D eigenvalue weighted by Crippen LogP contribution is 2.29. The lowest BCUT2D eigenvalue weighted by Gasteiger charge is -2.31. The molecular weight excluding hydrogens is 266 g/mol. The number of methoxy groups -OCH3 is 2. The van der Waals surface area contributed by atoms with E-state index in [0.717, 1.165) is 22.7 Å². The molecule has 0 bridgehead atoms. The Labute approximate surface area is 125 Å². The zero-order valence-electron chi connectivity index (χ0n) is 12.6. The molecule has 0 aliphatic carbocycles. The first-order valence-corrected chi connectivity index (χ1v) is 6.79. The maximum atomic E-state index is 9.86. The van der Waals surface area contributed by atoms with Gasteiger partial charge < -0.3 is 19.9 Å². The van der Waals surface area contributed by atoms with Gasteiger partial charge in [0.1, 0.15) is 11.5 Å². The third kappa shape index (κ3) is 3.47. The van der Waals surface area contributed by atoms with E-state index in [1.807, 2.05) is 55.5 Å². The third-order valence-electron chi connectivity index (χ3n) is 3.51. The maximum absolute atomic E-state index is 9.86. The van der Waals surface area contributed by atoms with E-state index in [0.29, 0.717) is 0 Å². The van der Waals surface area contributed by atoms with E-state index in [9.17, 15) is 5.11 Å². The van der Waals surface area contributed by atoms with E-state index in [-0.39, 0.29) is 6.61 Å². The van der Waals surface area contributed by atoms with Crippen molar-refractivity contribution in [3.63, 3.8) is 0 Å². The minimum atomic E-state index is -0.610. The molecule has 21 heavy (non-hydrogen) atoms. The molecule has 0 heterocycles. The molecule has 0 amide bonds. The van der Waals surface area contributed by atoms with Crippen molar-refractivity contribution in [3.8, 4) is 11.5 Å². The lowest BCUT2D eigenvalue weighted by Crippen LogP contribution is -2.35. The van der Waals surface area contributed by atoms with Gasteiger partial charge in [-0.25, -0.2) is 0 Å². The first-order chi connectivity index (χ1) is 10.1. The molecule has 4 nitrogen and oxygen atoms in total. The highest BCUT2D eigenvalue weighted by atomic mass is 16.5. The number of rotatable bonds is 6. The van der Waals surface area contributed by atoms with Crippen LogP contribution in [0.15, 0.2) is 48.5 Å². The summed E-state index contributed by atoms with van der Waals surface area (Å²) >= 11 is 0. The lowest BCUT2D eigenvalue weighted by atomic mass is 9.92. The van der Waals surface area contributed by atoms with Crippen LogP contribution in [0.2, 0.25) is 0 Å². The Morgan fingerprint density at radius 1 is 1.00 bits per heavy atom. The minimum absolute atomic E-state index is 0.0443. The third-order valence-corrected chi connectivity index (χ3v) is 3.51. The van der Waals surface area contributed by atoms with Gasteiger partial charge in [-0.3, -0.25) is 0 Å². The summed E-state index contributed by atoms with van der Waals surface area (Å²) in [6, 6.07) is 15.3. The molecule has 0 fully saturated rings. The van der Waals surface area contributed by atoms with Crippen LogP contribution in [-0.2, 0) is 5.54 Å². The van der Waals surface area contributed by atoms with Crippen molar-refractivity contribution >= 4 is 5.69 Å². The van der Waals surface area contributed by atoms with Gasteiger partial charge in [-0.1, -0.05) is 18.2 Å². The van der Waals surface area contributed by atoms with Gasteiger partial charge in [-0.05, 0) is 36.8 Å². The molecule has 2 N–H and O–H groups in total. The van der Waals surface area contributed by atoms with Gasteiger partial charge in [0.15, 0.2) is 0 Å². The van der Waals surface area contributed by atoms with Crippen LogP contribution in [0, 0.1) is 0 Å². The number of hydrogen-bond acceptors (Lipinski definition) is 4. The fourth-order valence-corrected chi connectivity index (χ4v) is 2.19. The monoisotopic (exact) mass is 287 g/mol. The summed E-state index contributed by atoms with van der Waals surface area (Å²) in [6.07, 6.45) is 0. The average Bonchev–Trinajstić information content (AvgIpc) is 2.55. The number of ether oxygens (including phenoxy) is 2. The SMILES string of the molecule is COc1cccc(NC(C)(CO)c2cccc(OC)c2)c1. The van der Waals surface area contributed by atoms with Gasteiger partial charge in [-0.2, -0.15) is 0 Å². The minimum Gasteiger partial charge on any atom is -0.497 e. The number of benzene rings is 2. The predicted molar refractivity (Wildman–Crippen MR) is 84.0 cm³/mol. The molecule has 2 rings (SSSR count). The topological polar surface area (TPSA) is 50.7 Å². The van der Waals surface area contributed by atoms with Crippen LogP contribution < -0.4 is 14.8 Å². The maximum Gasteiger partial charge on any atom is 0.120 e. The van der Waals surface area contributed by atoms with Crippen molar-refractivity contribution in [2.45, 2.75) is 12.5 Å². The van der Waals surface area contributed by atoms with E-state index in [2.05, 4.69) is 5.32 Å². The van der Waals surface area contributed by atoms with Gasteiger partial charge >= 0.3 is 0 Å². The van der Waals surface area contributed by atoms with Crippen LogP contribution >= 0.6 is 0 Å². The van der Waals surface area contributed by atoms with Crippen LogP contribution in [0.1, 0.15) is 12.5 Å². The lowest BCUT2D eigenvalue weighted by molar-refractivity contribution is 0.223. The Morgan fingerprint density at radius 3 is 2.24 bits per heavy atom. The van der Waals surface area contributed by atoms with Crippen molar-refractivity contribution in [1.29, 1.82) is 0 Å². The predicted octanol–water partition coefficient (Wildman–Crippen LogP) is 3.02. The zero-order chi connectivity index (χ0) is 15.3. The summed E-state index contributed by atoms with van der Waals surface area (Å²) in [7, 11) is 3.26.